The van der Waals surface area contributed by atoms with Crippen molar-refractivity contribution in [1.82, 2.24) is 0 Å². The molecule has 3 heteroatoms. The topological polar surface area (TPSA) is 60.7 Å². The first-order valence-corrected chi connectivity index (χ1v) is 10.1. The summed E-state index contributed by atoms with van der Waals surface area (Å²) in [5.41, 5.74) is 0.791. The molecule has 0 heterocycles. The van der Waals surface area contributed by atoms with Crippen molar-refractivity contribution >= 4 is 0 Å². The molecule has 6 aliphatic carbocycles. The standard InChI is InChI=1S/C21H30O3/c1-19-5-4-14-16(17(19)11-7-12(11)18(19)23)13-8-15(13)21(24)9-10(22)3-6-20(14,21)2/h8,10-12,14-18,22-24H,3-7,9H2,1-2H3/t10-,11+,12-,14?,15+,16?,17?,18?,19-,20+,21+/m0/s1. The zero-order chi connectivity index (χ0) is 16.6. The van der Waals surface area contributed by atoms with Crippen LogP contribution < -0.4 is 0 Å². The van der Waals surface area contributed by atoms with Gasteiger partial charge in [-0.15, -0.1) is 0 Å². The quantitative estimate of drug-likeness (QED) is 0.598. The van der Waals surface area contributed by atoms with E-state index in [-0.39, 0.29) is 29.0 Å². The fraction of sp³-hybridized carbons (Fsp3) is 0.905. The average molecular weight is 330 g/mol. The number of hydrogen-bond acceptors (Lipinski definition) is 3. The van der Waals surface area contributed by atoms with E-state index in [4.69, 9.17) is 0 Å². The average Bonchev–Trinajstić information content (AvgIpc) is 3.41. The summed E-state index contributed by atoms with van der Waals surface area (Å²) in [4.78, 5) is 0. The molecular formula is C21H30O3. The Balaban J connectivity index is 1.45. The second-order valence-corrected chi connectivity index (χ2v) is 10.6. The lowest BCUT2D eigenvalue weighted by Gasteiger charge is -2.63. The van der Waals surface area contributed by atoms with Crippen molar-refractivity contribution in [3.05, 3.63) is 11.6 Å². The molecule has 0 aliphatic heterocycles. The second kappa shape index (κ2) is 3.97. The Hall–Kier alpha value is -0.380. The van der Waals surface area contributed by atoms with Gasteiger partial charge >= 0.3 is 0 Å². The van der Waals surface area contributed by atoms with Gasteiger partial charge in [-0.3, -0.25) is 0 Å². The van der Waals surface area contributed by atoms with Crippen molar-refractivity contribution in [2.75, 3.05) is 0 Å². The van der Waals surface area contributed by atoms with Gasteiger partial charge < -0.3 is 15.3 Å². The van der Waals surface area contributed by atoms with E-state index in [0.717, 1.165) is 31.6 Å². The van der Waals surface area contributed by atoms with Crippen LogP contribution in [0.5, 0.6) is 0 Å². The third kappa shape index (κ3) is 1.38. The molecule has 0 spiro atoms. The predicted molar refractivity (Wildman–Crippen MR) is 89.9 cm³/mol. The van der Waals surface area contributed by atoms with E-state index in [1.165, 1.54) is 12.0 Å². The molecule has 24 heavy (non-hydrogen) atoms. The molecule has 0 bridgehead atoms. The SMILES string of the molecule is C[C@]12CCC3C(C4=C[C@H]4[C@]4(O)C[C@@H](O)CC[C@]34C)C1[C@@H]1C[C@@H]1C2O. The lowest BCUT2D eigenvalue weighted by Crippen LogP contribution is -2.64. The molecule has 132 valence electrons. The number of fused-ring (bicyclic) bond motifs is 10. The Labute approximate surface area is 144 Å². The lowest BCUT2D eigenvalue weighted by molar-refractivity contribution is -0.212. The van der Waals surface area contributed by atoms with Gasteiger partial charge in [0.05, 0.1) is 17.8 Å². The molecule has 4 unspecified atom stereocenters. The number of hydrogen-bond donors (Lipinski definition) is 3. The smallest absolute Gasteiger partial charge is 0.0828 e. The number of aliphatic hydroxyl groups is 3. The lowest BCUT2D eigenvalue weighted by atomic mass is 9.43. The molecule has 6 aliphatic rings. The normalized spacial score (nSPS) is 68.8. The third-order valence-corrected chi connectivity index (χ3v) is 9.87. The number of rotatable bonds is 0. The first-order valence-electron chi connectivity index (χ1n) is 10.1. The highest BCUT2D eigenvalue weighted by molar-refractivity contribution is 5.45. The Morgan fingerprint density at radius 1 is 1.08 bits per heavy atom. The molecule has 0 saturated heterocycles. The molecule has 3 N–H and O–H groups in total. The van der Waals surface area contributed by atoms with Crippen LogP contribution in [-0.2, 0) is 0 Å². The third-order valence-electron chi connectivity index (χ3n) is 9.87. The van der Waals surface area contributed by atoms with Gasteiger partial charge in [-0.1, -0.05) is 25.5 Å². The first-order chi connectivity index (χ1) is 11.3. The predicted octanol–water partition coefficient (Wildman–Crippen LogP) is 2.50. The van der Waals surface area contributed by atoms with Crippen molar-refractivity contribution in [3.63, 3.8) is 0 Å². The van der Waals surface area contributed by atoms with E-state index in [1.807, 2.05) is 0 Å². The molecule has 3 nitrogen and oxygen atoms in total. The molecular weight excluding hydrogens is 300 g/mol. The minimum absolute atomic E-state index is 0.0721. The highest BCUT2D eigenvalue weighted by Gasteiger charge is 2.75. The summed E-state index contributed by atoms with van der Waals surface area (Å²) in [5.74, 6) is 3.23. The van der Waals surface area contributed by atoms with Crippen molar-refractivity contribution < 1.29 is 15.3 Å². The summed E-state index contributed by atoms with van der Waals surface area (Å²) in [6, 6.07) is 0. The number of aliphatic hydroxyl groups excluding tert-OH is 2. The van der Waals surface area contributed by atoms with Gasteiger partial charge in [0.25, 0.3) is 0 Å². The van der Waals surface area contributed by atoms with E-state index in [9.17, 15) is 15.3 Å². The molecule has 0 radical (unpaired) electrons. The van der Waals surface area contributed by atoms with Crippen LogP contribution in [0.4, 0.5) is 0 Å². The maximum absolute atomic E-state index is 11.6. The maximum Gasteiger partial charge on any atom is 0.0828 e. The fourth-order valence-electron chi connectivity index (χ4n) is 8.47. The molecule has 6 rings (SSSR count). The molecule has 0 amide bonds. The van der Waals surface area contributed by atoms with Gasteiger partial charge in [-0.25, -0.2) is 0 Å². The maximum atomic E-state index is 11.6. The Morgan fingerprint density at radius 3 is 2.67 bits per heavy atom. The van der Waals surface area contributed by atoms with Crippen LogP contribution in [0.15, 0.2) is 11.6 Å². The highest BCUT2D eigenvalue weighted by Crippen LogP contribution is 2.77. The Bertz CT molecular complexity index is 657. The largest absolute Gasteiger partial charge is 0.393 e. The fourth-order valence-corrected chi connectivity index (χ4v) is 8.47. The van der Waals surface area contributed by atoms with Crippen LogP contribution in [0.1, 0.15) is 52.4 Å². The Morgan fingerprint density at radius 2 is 1.88 bits per heavy atom. The van der Waals surface area contributed by atoms with Gasteiger partial charge in [0.15, 0.2) is 0 Å². The van der Waals surface area contributed by atoms with E-state index in [2.05, 4.69) is 19.9 Å². The van der Waals surface area contributed by atoms with E-state index >= 15 is 0 Å². The van der Waals surface area contributed by atoms with Crippen LogP contribution in [0, 0.1) is 46.3 Å². The molecule has 0 aromatic heterocycles. The Kier molecular flexibility index (Phi) is 2.44. The van der Waals surface area contributed by atoms with Crippen molar-refractivity contribution in [3.8, 4) is 0 Å². The molecule has 0 aromatic rings. The van der Waals surface area contributed by atoms with Crippen LogP contribution in [-0.4, -0.2) is 33.1 Å². The van der Waals surface area contributed by atoms with Gasteiger partial charge in [-0.05, 0) is 67.1 Å². The van der Waals surface area contributed by atoms with Crippen LogP contribution in [0.25, 0.3) is 0 Å². The van der Waals surface area contributed by atoms with E-state index < -0.39 is 5.60 Å². The minimum atomic E-state index is -0.727. The van der Waals surface area contributed by atoms with Gasteiger partial charge in [0.2, 0.25) is 0 Å². The monoisotopic (exact) mass is 330 g/mol. The van der Waals surface area contributed by atoms with Gasteiger partial charge in [0.1, 0.15) is 0 Å². The molecule has 5 fully saturated rings. The van der Waals surface area contributed by atoms with Crippen molar-refractivity contribution in [2.45, 2.75) is 70.2 Å². The zero-order valence-electron chi connectivity index (χ0n) is 14.8. The van der Waals surface area contributed by atoms with Gasteiger partial charge in [0, 0.05) is 17.8 Å². The van der Waals surface area contributed by atoms with E-state index in [0.29, 0.717) is 30.1 Å². The molecule has 5 saturated carbocycles. The van der Waals surface area contributed by atoms with Crippen molar-refractivity contribution in [1.29, 1.82) is 0 Å². The molecule has 0 aromatic carbocycles. The summed E-state index contributed by atoms with van der Waals surface area (Å²) < 4.78 is 0. The summed E-state index contributed by atoms with van der Waals surface area (Å²) in [6.07, 6.45) is 7.68. The summed E-state index contributed by atoms with van der Waals surface area (Å²) in [6.45, 7) is 4.66. The first kappa shape index (κ1) is 14.8. The molecule has 11 atom stereocenters. The van der Waals surface area contributed by atoms with Crippen molar-refractivity contribution in [2.24, 2.45) is 46.3 Å². The summed E-state index contributed by atoms with van der Waals surface area (Å²) in [5, 5.41) is 32.7. The highest BCUT2D eigenvalue weighted by atomic mass is 16.3. The van der Waals surface area contributed by atoms with E-state index in [1.54, 1.807) is 0 Å². The van der Waals surface area contributed by atoms with Crippen LogP contribution in [0.2, 0.25) is 0 Å². The summed E-state index contributed by atoms with van der Waals surface area (Å²) >= 11 is 0. The minimum Gasteiger partial charge on any atom is -0.393 e. The zero-order valence-corrected chi connectivity index (χ0v) is 14.8. The van der Waals surface area contributed by atoms with Crippen LogP contribution in [0.3, 0.4) is 0 Å². The van der Waals surface area contributed by atoms with Crippen LogP contribution >= 0.6 is 0 Å². The second-order valence-electron chi connectivity index (χ2n) is 10.6. The van der Waals surface area contributed by atoms with Gasteiger partial charge in [-0.2, -0.15) is 0 Å². The summed E-state index contributed by atoms with van der Waals surface area (Å²) in [7, 11) is 0.